The Kier molecular flexibility index (Phi) is 7.38. The van der Waals surface area contributed by atoms with Crippen LogP contribution in [0.25, 0.3) is 0 Å². The molecule has 3 rings (SSSR count). The molecule has 0 saturated heterocycles. The summed E-state index contributed by atoms with van der Waals surface area (Å²) in [7, 11) is 0. The molecule has 3 aliphatic rings. The highest BCUT2D eigenvalue weighted by Crippen LogP contribution is 2.28. The number of nitrogens with one attached hydrogen (secondary N) is 2. The summed E-state index contributed by atoms with van der Waals surface area (Å²) in [5, 5.41) is 26.5. The number of aliphatic imine (C=N–C) groups is 1. The van der Waals surface area contributed by atoms with E-state index in [1.54, 1.807) is 18.5 Å². The second-order valence-electron chi connectivity index (χ2n) is 8.25. The third-order valence-corrected chi connectivity index (χ3v) is 5.80. The molecule has 0 amide bonds. The molecule has 30 heavy (non-hydrogen) atoms. The van der Waals surface area contributed by atoms with Crippen molar-refractivity contribution in [2.75, 3.05) is 13.2 Å². The van der Waals surface area contributed by atoms with Crippen molar-refractivity contribution in [1.82, 2.24) is 10.6 Å². The maximum atomic E-state index is 11.9. The van der Waals surface area contributed by atoms with Gasteiger partial charge in [-0.2, -0.15) is 0 Å². The third-order valence-electron chi connectivity index (χ3n) is 5.80. The average Bonchev–Trinajstić information content (AvgIpc) is 2.74. The Balaban J connectivity index is 1.59. The molecular formula is C21H32N4O5. The maximum Gasteiger partial charge on any atom is 0.337 e. The smallest absolute Gasteiger partial charge is 0.337 e. The predicted octanol–water partition coefficient (Wildman–Crippen LogP) is 0.974. The Hall–Kier alpha value is -2.52. The summed E-state index contributed by atoms with van der Waals surface area (Å²) in [6.45, 7) is 2.46. The molecule has 9 heteroatoms. The molecule has 1 saturated carbocycles. The van der Waals surface area contributed by atoms with E-state index >= 15 is 0 Å². The summed E-state index contributed by atoms with van der Waals surface area (Å²) in [6, 6.07) is -1.58. The molecule has 0 aromatic heterocycles. The van der Waals surface area contributed by atoms with Crippen molar-refractivity contribution < 1.29 is 24.5 Å². The Morgan fingerprint density at radius 2 is 2.13 bits per heavy atom. The van der Waals surface area contributed by atoms with Crippen LogP contribution in [0.5, 0.6) is 0 Å². The minimum atomic E-state index is -2.18. The lowest BCUT2D eigenvalue weighted by Crippen LogP contribution is -2.59. The van der Waals surface area contributed by atoms with Crippen LogP contribution in [0.3, 0.4) is 0 Å². The Morgan fingerprint density at radius 3 is 2.80 bits per heavy atom. The standard InChI is InChI=1S/C21H32N4O5/c1-14-2-4-16(5-3-14)30-17-6-7-24-15(10-17)11-21(28,20(26)27)18(22)13-29-19-12-23-8-9-25-19/h6-10,14-16,18,23-24,28H,2-5,11-13,22H2,1H3,(H,26,27)/t14-,15?,16-,18-,21+/m0/s1. The van der Waals surface area contributed by atoms with E-state index in [2.05, 4.69) is 22.5 Å². The van der Waals surface area contributed by atoms with Gasteiger partial charge in [-0.05, 0) is 43.8 Å². The number of rotatable bonds is 8. The van der Waals surface area contributed by atoms with Gasteiger partial charge in [0.05, 0.1) is 24.7 Å². The lowest BCUT2D eigenvalue weighted by Gasteiger charge is -2.34. The summed E-state index contributed by atoms with van der Waals surface area (Å²) in [5.74, 6) is 0.411. The number of aliphatic hydroxyl groups is 1. The first-order valence-corrected chi connectivity index (χ1v) is 10.5. The molecule has 6 N–H and O–H groups in total. The van der Waals surface area contributed by atoms with Gasteiger partial charge in [-0.1, -0.05) is 6.92 Å². The van der Waals surface area contributed by atoms with Crippen LogP contribution in [0, 0.1) is 5.92 Å². The highest BCUT2D eigenvalue weighted by Gasteiger charge is 2.44. The maximum absolute atomic E-state index is 11.9. The fourth-order valence-corrected chi connectivity index (χ4v) is 3.80. The van der Waals surface area contributed by atoms with E-state index in [4.69, 9.17) is 15.2 Å². The second kappa shape index (κ2) is 9.99. The average molecular weight is 421 g/mol. The normalized spacial score (nSPS) is 28.8. The van der Waals surface area contributed by atoms with Gasteiger partial charge in [-0.25, -0.2) is 9.79 Å². The molecule has 1 fully saturated rings. The SMILES string of the molecule is C[C@H]1CC[C@H](OC2=CC(C[C@](O)(C(=O)O)[C@@H](N)COC3=NC=CNC3)NC=C2)CC1. The monoisotopic (exact) mass is 420 g/mol. The third kappa shape index (κ3) is 5.76. The summed E-state index contributed by atoms with van der Waals surface area (Å²) >= 11 is 0. The fraction of sp³-hybridized carbons (Fsp3) is 0.619. The van der Waals surface area contributed by atoms with Crippen LogP contribution in [-0.2, 0) is 14.3 Å². The van der Waals surface area contributed by atoms with Crippen LogP contribution in [0.1, 0.15) is 39.0 Å². The van der Waals surface area contributed by atoms with E-state index in [0.29, 0.717) is 18.2 Å². The Morgan fingerprint density at radius 1 is 1.37 bits per heavy atom. The van der Waals surface area contributed by atoms with E-state index in [9.17, 15) is 15.0 Å². The van der Waals surface area contributed by atoms with E-state index in [-0.39, 0.29) is 19.1 Å². The molecule has 9 nitrogen and oxygen atoms in total. The minimum Gasteiger partial charge on any atom is -0.491 e. The van der Waals surface area contributed by atoms with Gasteiger partial charge in [0.15, 0.2) is 5.60 Å². The number of dihydropyridines is 1. The zero-order valence-corrected chi connectivity index (χ0v) is 17.3. The van der Waals surface area contributed by atoms with Crippen molar-refractivity contribution in [2.24, 2.45) is 16.6 Å². The summed E-state index contributed by atoms with van der Waals surface area (Å²) < 4.78 is 11.6. The van der Waals surface area contributed by atoms with Crippen molar-refractivity contribution in [3.05, 3.63) is 36.5 Å². The van der Waals surface area contributed by atoms with Crippen LogP contribution < -0.4 is 16.4 Å². The summed E-state index contributed by atoms with van der Waals surface area (Å²) in [4.78, 5) is 15.9. The van der Waals surface area contributed by atoms with E-state index in [0.717, 1.165) is 31.6 Å². The number of hydrogen-bond donors (Lipinski definition) is 5. The van der Waals surface area contributed by atoms with Gasteiger partial charge in [0.2, 0.25) is 5.90 Å². The minimum absolute atomic E-state index is 0.129. The van der Waals surface area contributed by atoms with Gasteiger partial charge in [-0.3, -0.25) is 0 Å². The predicted molar refractivity (Wildman–Crippen MR) is 112 cm³/mol. The molecule has 2 heterocycles. The summed E-state index contributed by atoms with van der Waals surface area (Å²) in [6.07, 6.45) is 12.9. The number of nitrogens with zero attached hydrogens (tertiary/aromatic N) is 1. The number of carboxylic acids is 1. The van der Waals surface area contributed by atoms with Crippen molar-refractivity contribution in [3.63, 3.8) is 0 Å². The van der Waals surface area contributed by atoms with Gasteiger partial charge in [0, 0.05) is 25.0 Å². The number of hydrogen-bond acceptors (Lipinski definition) is 8. The van der Waals surface area contributed by atoms with Crippen LogP contribution >= 0.6 is 0 Å². The molecule has 1 aliphatic carbocycles. The molecule has 0 aromatic rings. The Bertz CT molecular complexity index is 727. The van der Waals surface area contributed by atoms with Crippen LogP contribution in [0.4, 0.5) is 0 Å². The van der Waals surface area contributed by atoms with Crippen LogP contribution in [0.15, 0.2) is 41.5 Å². The lowest BCUT2D eigenvalue weighted by molar-refractivity contribution is -0.163. The van der Waals surface area contributed by atoms with Crippen molar-refractivity contribution in [1.29, 1.82) is 0 Å². The van der Waals surface area contributed by atoms with Crippen LogP contribution in [-0.4, -0.2) is 59.0 Å². The number of allylic oxidation sites excluding steroid dienone is 1. The molecule has 166 valence electrons. The number of aliphatic carboxylic acids is 1. The molecule has 0 bridgehead atoms. The van der Waals surface area contributed by atoms with E-state index < -0.39 is 23.7 Å². The highest BCUT2D eigenvalue weighted by molar-refractivity contribution is 5.80. The zero-order valence-electron chi connectivity index (χ0n) is 17.3. The number of carbonyl (C=O) groups is 1. The van der Waals surface area contributed by atoms with Gasteiger partial charge < -0.3 is 36.1 Å². The van der Waals surface area contributed by atoms with Gasteiger partial charge in [0.25, 0.3) is 0 Å². The molecule has 1 unspecified atom stereocenters. The van der Waals surface area contributed by atoms with Crippen LogP contribution in [0.2, 0.25) is 0 Å². The quantitative estimate of drug-likeness (QED) is 0.392. The Labute approximate surface area is 176 Å². The van der Waals surface area contributed by atoms with Gasteiger partial charge in [-0.15, -0.1) is 0 Å². The lowest BCUT2D eigenvalue weighted by atomic mass is 9.87. The first-order valence-electron chi connectivity index (χ1n) is 10.5. The molecule has 0 radical (unpaired) electrons. The highest BCUT2D eigenvalue weighted by atomic mass is 16.5. The number of carboxylic acid groups (broad SMARTS) is 1. The molecular weight excluding hydrogens is 388 g/mol. The summed E-state index contributed by atoms with van der Waals surface area (Å²) in [5.41, 5.74) is 3.86. The number of ether oxygens (including phenoxy) is 2. The second-order valence-corrected chi connectivity index (χ2v) is 8.25. The van der Waals surface area contributed by atoms with Gasteiger partial charge in [0.1, 0.15) is 12.4 Å². The molecule has 0 aromatic carbocycles. The fourth-order valence-electron chi connectivity index (χ4n) is 3.80. The first-order chi connectivity index (χ1) is 14.4. The van der Waals surface area contributed by atoms with Crippen molar-refractivity contribution >= 4 is 11.9 Å². The zero-order chi connectivity index (χ0) is 21.6. The largest absolute Gasteiger partial charge is 0.491 e. The molecule has 3 atom stereocenters. The van der Waals surface area contributed by atoms with Crippen molar-refractivity contribution in [3.8, 4) is 0 Å². The van der Waals surface area contributed by atoms with E-state index in [1.165, 1.54) is 6.20 Å². The van der Waals surface area contributed by atoms with E-state index in [1.807, 2.05) is 6.08 Å². The molecule has 2 aliphatic heterocycles. The van der Waals surface area contributed by atoms with Crippen molar-refractivity contribution in [2.45, 2.75) is 62.8 Å². The molecule has 0 spiro atoms. The van der Waals surface area contributed by atoms with Gasteiger partial charge >= 0.3 is 5.97 Å². The number of nitrogens with two attached hydrogens (primary N) is 1. The first kappa shape index (κ1) is 22.2. The topological polar surface area (TPSA) is 138 Å².